The van der Waals surface area contributed by atoms with Crippen LogP contribution < -0.4 is 30.2 Å². The van der Waals surface area contributed by atoms with Crippen molar-refractivity contribution in [2.24, 2.45) is 0 Å². The minimum absolute atomic E-state index is 0.606. The van der Waals surface area contributed by atoms with Crippen molar-refractivity contribution in [3.05, 3.63) is 0 Å². The van der Waals surface area contributed by atoms with Gasteiger partial charge in [-0.05, 0) is 13.8 Å². The van der Waals surface area contributed by atoms with Crippen LogP contribution in [0.15, 0.2) is 0 Å². The van der Waals surface area contributed by atoms with E-state index in [4.69, 9.17) is 29.4 Å². The zero-order valence-corrected chi connectivity index (χ0v) is 21.2. The summed E-state index contributed by atoms with van der Waals surface area (Å²) in [6.45, 7) is 14.5. The van der Waals surface area contributed by atoms with Gasteiger partial charge in [0.05, 0.1) is 26.4 Å². The number of piperazine rings is 1. The lowest BCUT2D eigenvalue weighted by atomic mass is 10.3. The Morgan fingerprint density at radius 2 is 0.806 bits per heavy atom. The van der Waals surface area contributed by atoms with Crippen LogP contribution in [-0.4, -0.2) is 122 Å². The largest absolute Gasteiger partial charge is 0.378 e. The molecule has 5 heterocycles. The van der Waals surface area contributed by atoms with Crippen molar-refractivity contribution >= 4 is 35.7 Å². The van der Waals surface area contributed by atoms with Crippen molar-refractivity contribution in [3.8, 4) is 0 Å². The standard InChI is InChI=1S/C22H36N12O2/c1-3-23-17-25-19(29-21(27-17)33-9-13-35-14-10-33)31-5-7-32(8-6-31)20-26-18(24-4-2)28-22(30-20)34-11-15-36-16-12-34/h3-16H2,1-2H3,(H,23,25,27,29)(H,24,26,28,30). The number of hydrogen-bond donors (Lipinski definition) is 2. The van der Waals surface area contributed by atoms with E-state index in [1.807, 2.05) is 13.8 Å². The number of morpholine rings is 2. The highest BCUT2D eigenvalue weighted by atomic mass is 16.5. The molecule has 196 valence electrons. The molecular weight excluding hydrogens is 464 g/mol. The summed E-state index contributed by atoms with van der Waals surface area (Å²) in [6.07, 6.45) is 0. The second-order valence-electron chi connectivity index (χ2n) is 8.75. The Labute approximate surface area is 211 Å². The molecule has 2 N–H and O–H groups in total. The summed E-state index contributed by atoms with van der Waals surface area (Å²) < 4.78 is 11.0. The van der Waals surface area contributed by atoms with E-state index < -0.39 is 0 Å². The van der Waals surface area contributed by atoms with E-state index >= 15 is 0 Å². The maximum absolute atomic E-state index is 5.50. The molecule has 0 spiro atoms. The molecule has 3 fully saturated rings. The third-order valence-corrected chi connectivity index (χ3v) is 6.33. The second-order valence-corrected chi connectivity index (χ2v) is 8.75. The molecule has 0 aliphatic carbocycles. The third-order valence-electron chi connectivity index (χ3n) is 6.33. The number of hydrogen-bond acceptors (Lipinski definition) is 14. The first-order chi connectivity index (χ1) is 17.7. The maximum Gasteiger partial charge on any atom is 0.232 e. The summed E-state index contributed by atoms with van der Waals surface area (Å²) in [5, 5.41) is 6.50. The smallest absolute Gasteiger partial charge is 0.232 e. The van der Waals surface area contributed by atoms with E-state index in [2.05, 4.69) is 40.2 Å². The molecule has 14 nitrogen and oxygen atoms in total. The Bertz CT molecular complexity index is 911. The van der Waals surface area contributed by atoms with Gasteiger partial charge in [0.1, 0.15) is 0 Å². The Morgan fingerprint density at radius 3 is 1.11 bits per heavy atom. The van der Waals surface area contributed by atoms with Crippen molar-refractivity contribution < 1.29 is 9.47 Å². The highest BCUT2D eigenvalue weighted by Crippen LogP contribution is 2.22. The lowest BCUT2D eigenvalue weighted by Crippen LogP contribution is -2.48. The van der Waals surface area contributed by atoms with Gasteiger partial charge in [0, 0.05) is 65.4 Å². The molecule has 0 unspecified atom stereocenters. The van der Waals surface area contributed by atoms with Crippen LogP contribution in [0.25, 0.3) is 0 Å². The molecule has 0 bridgehead atoms. The maximum atomic E-state index is 5.50. The minimum atomic E-state index is 0.606. The summed E-state index contributed by atoms with van der Waals surface area (Å²) in [7, 11) is 0. The van der Waals surface area contributed by atoms with Crippen molar-refractivity contribution in [1.29, 1.82) is 0 Å². The monoisotopic (exact) mass is 500 g/mol. The van der Waals surface area contributed by atoms with E-state index in [9.17, 15) is 0 Å². The Hall–Kier alpha value is -3.26. The number of nitrogens with one attached hydrogen (secondary N) is 2. The first kappa shape index (κ1) is 24.4. The van der Waals surface area contributed by atoms with Crippen LogP contribution >= 0.6 is 0 Å². The Kier molecular flexibility index (Phi) is 7.91. The van der Waals surface area contributed by atoms with Crippen molar-refractivity contribution in [2.75, 3.05) is 122 Å². The van der Waals surface area contributed by atoms with Crippen LogP contribution in [0, 0.1) is 0 Å². The molecule has 2 aromatic heterocycles. The number of rotatable bonds is 8. The molecule has 0 radical (unpaired) electrons. The van der Waals surface area contributed by atoms with Gasteiger partial charge in [0.25, 0.3) is 0 Å². The number of aromatic nitrogens is 6. The van der Waals surface area contributed by atoms with Crippen LogP contribution in [0.3, 0.4) is 0 Å². The number of nitrogens with zero attached hydrogens (tertiary/aromatic N) is 10. The number of anilines is 6. The van der Waals surface area contributed by atoms with E-state index in [-0.39, 0.29) is 0 Å². The van der Waals surface area contributed by atoms with E-state index in [1.165, 1.54) is 0 Å². The van der Waals surface area contributed by atoms with E-state index in [1.54, 1.807) is 0 Å². The summed E-state index contributed by atoms with van der Waals surface area (Å²) >= 11 is 0. The SMILES string of the molecule is CCNc1nc(N2CCOCC2)nc(N2CCN(c3nc(NCC)nc(N4CCOCC4)n3)CC2)n1. The molecule has 3 aliphatic rings. The lowest BCUT2D eigenvalue weighted by molar-refractivity contribution is 0.122. The summed E-state index contributed by atoms with van der Waals surface area (Å²) in [5.41, 5.74) is 0. The average molecular weight is 501 g/mol. The molecule has 3 saturated heterocycles. The van der Waals surface area contributed by atoms with Gasteiger partial charge in [-0.25, -0.2) is 0 Å². The lowest BCUT2D eigenvalue weighted by Gasteiger charge is -2.36. The summed E-state index contributed by atoms with van der Waals surface area (Å²) in [6, 6.07) is 0. The topological polar surface area (TPSA) is 133 Å². The van der Waals surface area contributed by atoms with Gasteiger partial charge in [0.15, 0.2) is 0 Å². The molecule has 36 heavy (non-hydrogen) atoms. The molecule has 0 atom stereocenters. The zero-order valence-electron chi connectivity index (χ0n) is 21.2. The van der Waals surface area contributed by atoms with Crippen LogP contribution in [-0.2, 0) is 9.47 Å². The van der Waals surface area contributed by atoms with Gasteiger partial charge >= 0.3 is 0 Å². The average Bonchev–Trinajstić information content (AvgIpc) is 2.94. The van der Waals surface area contributed by atoms with Crippen molar-refractivity contribution in [2.45, 2.75) is 13.8 Å². The second kappa shape index (κ2) is 11.6. The highest BCUT2D eigenvalue weighted by molar-refractivity contribution is 5.49. The molecule has 0 aromatic carbocycles. The molecule has 14 heteroatoms. The molecular formula is C22H36N12O2. The minimum Gasteiger partial charge on any atom is -0.378 e. The van der Waals surface area contributed by atoms with E-state index in [0.29, 0.717) is 62.1 Å². The van der Waals surface area contributed by atoms with Crippen molar-refractivity contribution in [1.82, 2.24) is 29.9 Å². The fourth-order valence-electron chi connectivity index (χ4n) is 4.38. The first-order valence-corrected chi connectivity index (χ1v) is 12.9. The molecule has 0 saturated carbocycles. The molecule has 5 rings (SSSR count). The van der Waals surface area contributed by atoms with E-state index in [0.717, 1.165) is 65.4 Å². The Morgan fingerprint density at radius 1 is 0.500 bits per heavy atom. The summed E-state index contributed by atoms with van der Waals surface area (Å²) in [4.78, 5) is 37.0. The Balaban J connectivity index is 1.31. The number of ether oxygens (including phenoxy) is 2. The normalized spacial score (nSPS) is 18.9. The molecule has 3 aliphatic heterocycles. The van der Waals surface area contributed by atoms with Crippen LogP contribution in [0.5, 0.6) is 0 Å². The fraction of sp³-hybridized carbons (Fsp3) is 0.727. The third kappa shape index (κ3) is 5.75. The molecule has 0 amide bonds. The zero-order chi connectivity index (χ0) is 24.7. The van der Waals surface area contributed by atoms with Gasteiger partial charge in [-0.2, -0.15) is 29.9 Å². The van der Waals surface area contributed by atoms with Crippen LogP contribution in [0.4, 0.5) is 35.7 Å². The van der Waals surface area contributed by atoms with Crippen molar-refractivity contribution in [3.63, 3.8) is 0 Å². The predicted molar refractivity (Wildman–Crippen MR) is 138 cm³/mol. The highest BCUT2D eigenvalue weighted by Gasteiger charge is 2.25. The van der Waals surface area contributed by atoms with Gasteiger partial charge in [-0.3, -0.25) is 0 Å². The van der Waals surface area contributed by atoms with Crippen LogP contribution in [0.2, 0.25) is 0 Å². The van der Waals surface area contributed by atoms with Crippen LogP contribution in [0.1, 0.15) is 13.8 Å². The quantitative estimate of drug-likeness (QED) is 0.500. The van der Waals surface area contributed by atoms with Gasteiger partial charge in [-0.1, -0.05) is 0 Å². The summed E-state index contributed by atoms with van der Waals surface area (Å²) in [5.74, 6) is 4.00. The molecule has 2 aromatic rings. The van der Waals surface area contributed by atoms with Gasteiger partial charge in [-0.15, -0.1) is 0 Å². The fourth-order valence-corrected chi connectivity index (χ4v) is 4.38. The first-order valence-electron chi connectivity index (χ1n) is 12.9. The predicted octanol–water partition coefficient (Wildman–Crippen LogP) is -0.0800. The van der Waals surface area contributed by atoms with Gasteiger partial charge < -0.3 is 39.7 Å². The van der Waals surface area contributed by atoms with Gasteiger partial charge in [0.2, 0.25) is 35.7 Å².